The summed E-state index contributed by atoms with van der Waals surface area (Å²) >= 11 is 5.83. The quantitative estimate of drug-likeness (QED) is 0.880. The van der Waals surface area contributed by atoms with Crippen molar-refractivity contribution in [3.8, 4) is 5.75 Å². The van der Waals surface area contributed by atoms with Gasteiger partial charge in [-0.2, -0.15) is 11.8 Å². The van der Waals surface area contributed by atoms with Gasteiger partial charge in [-0.05, 0) is 35.4 Å². The monoisotopic (exact) mass is 341 g/mol. The third kappa shape index (κ3) is 2.43. The second-order valence-corrected chi connectivity index (χ2v) is 7.25. The van der Waals surface area contributed by atoms with Gasteiger partial charge in [0.25, 0.3) is 0 Å². The Hall–Kier alpha value is -0.190. The molecule has 0 bridgehead atoms. The summed E-state index contributed by atoms with van der Waals surface area (Å²) in [6.07, 6.45) is 1.05. The molecule has 0 fully saturated rings. The Bertz CT molecular complexity index is 492. The summed E-state index contributed by atoms with van der Waals surface area (Å²) < 4.78 is 7.16. The average Bonchev–Trinajstić information content (AvgIpc) is 2.77. The minimum absolute atomic E-state index is 0.430. The molecule has 0 saturated heterocycles. The summed E-state index contributed by atoms with van der Waals surface area (Å²) in [5.74, 6) is 4.08. The number of fused-ring (bicyclic) bond motifs is 3. The maximum atomic E-state index is 5.91. The molecule has 2 aliphatic rings. The van der Waals surface area contributed by atoms with Crippen LogP contribution in [0.1, 0.15) is 36.6 Å². The van der Waals surface area contributed by atoms with Crippen molar-refractivity contribution in [2.45, 2.75) is 32.1 Å². The Morgan fingerprint density at radius 2 is 2.37 bits per heavy atom. The van der Waals surface area contributed by atoms with E-state index in [2.05, 4.69) is 41.2 Å². The van der Waals surface area contributed by atoms with E-state index in [9.17, 15) is 0 Å². The summed E-state index contributed by atoms with van der Waals surface area (Å²) in [7, 11) is 0. The van der Waals surface area contributed by atoms with Crippen molar-refractivity contribution in [3.63, 3.8) is 0 Å². The molecule has 2 aliphatic heterocycles. The zero-order valence-electron chi connectivity index (χ0n) is 11.5. The van der Waals surface area contributed by atoms with Crippen LogP contribution in [0.5, 0.6) is 5.75 Å². The lowest BCUT2D eigenvalue weighted by molar-refractivity contribution is 0.352. The largest absolute Gasteiger partial charge is 0.493 e. The number of halogens is 1. The van der Waals surface area contributed by atoms with Crippen LogP contribution in [0, 0.1) is 5.92 Å². The molecule has 2 unspecified atom stereocenters. The van der Waals surface area contributed by atoms with E-state index >= 15 is 0 Å². The highest BCUT2D eigenvalue weighted by Gasteiger charge is 2.31. The van der Waals surface area contributed by atoms with Crippen LogP contribution >= 0.6 is 27.7 Å². The van der Waals surface area contributed by atoms with E-state index in [4.69, 9.17) is 4.74 Å². The molecule has 0 aliphatic carbocycles. The molecule has 0 amide bonds. The molecule has 0 radical (unpaired) electrons. The lowest BCUT2D eigenvalue weighted by Crippen LogP contribution is -2.28. The number of hydrogen-bond donors (Lipinski definition) is 1. The maximum absolute atomic E-state index is 5.91. The molecular weight excluding hydrogens is 322 g/mol. The van der Waals surface area contributed by atoms with Gasteiger partial charge in [0.1, 0.15) is 5.75 Å². The van der Waals surface area contributed by atoms with E-state index in [0.717, 1.165) is 25.3 Å². The summed E-state index contributed by atoms with van der Waals surface area (Å²) in [6, 6.07) is 2.70. The molecule has 0 spiro atoms. The van der Waals surface area contributed by atoms with Gasteiger partial charge >= 0.3 is 0 Å². The number of benzene rings is 1. The smallest absolute Gasteiger partial charge is 0.127 e. The first-order chi connectivity index (χ1) is 9.22. The predicted molar refractivity (Wildman–Crippen MR) is 85.1 cm³/mol. The normalized spacial score (nSPS) is 25.4. The van der Waals surface area contributed by atoms with Crippen LogP contribution in [-0.4, -0.2) is 18.9 Å². The first-order valence-corrected chi connectivity index (χ1v) is 8.95. The number of nitrogens with one attached hydrogen (secondary N) is 1. The van der Waals surface area contributed by atoms with Crippen molar-refractivity contribution in [3.05, 3.63) is 27.2 Å². The van der Waals surface area contributed by atoms with Crippen molar-refractivity contribution in [2.75, 3.05) is 18.9 Å². The van der Waals surface area contributed by atoms with Crippen LogP contribution in [0.15, 0.2) is 10.5 Å². The van der Waals surface area contributed by atoms with E-state index in [1.807, 2.05) is 11.8 Å². The van der Waals surface area contributed by atoms with Gasteiger partial charge in [0.15, 0.2) is 0 Å². The highest BCUT2D eigenvalue weighted by Crippen LogP contribution is 2.45. The Morgan fingerprint density at radius 3 is 3.16 bits per heavy atom. The van der Waals surface area contributed by atoms with E-state index in [1.165, 1.54) is 32.7 Å². The number of rotatable bonds is 2. The fourth-order valence-electron chi connectivity index (χ4n) is 3.12. The van der Waals surface area contributed by atoms with Gasteiger partial charge < -0.3 is 10.1 Å². The lowest BCUT2D eigenvalue weighted by Gasteiger charge is -2.26. The summed E-state index contributed by atoms with van der Waals surface area (Å²) in [5, 5.41) is 3.66. The maximum Gasteiger partial charge on any atom is 0.127 e. The molecule has 2 nitrogen and oxygen atoms in total. The SMILES string of the molecule is CCNC1c2c(Br)cc3c(c2CSCC1C)OCC3. The predicted octanol–water partition coefficient (Wildman–Crippen LogP) is 3.92. The van der Waals surface area contributed by atoms with E-state index in [-0.39, 0.29) is 0 Å². The number of hydrogen-bond acceptors (Lipinski definition) is 3. The molecule has 2 atom stereocenters. The van der Waals surface area contributed by atoms with Crippen LogP contribution in [0.4, 0.5) is 0 Å². The van der Waals surface area contributed by atoms with Crippen LogP contribution in [0.3, 0.4) is 0 Å². The second-order valence-electron chi connectivity index (χ2n) is 5.37. The molecule has 0 saturated carbocycles. The number of thioether (sulfide) groups is 1. The van der Waals surface area contributed by atoms with Gasteiger partial charge in [0, 0.05) is 28.3 Å². The van der Waals surface area contributed by atoms with Crippen molar-refractivity contribution < 1.29 is 4.74 Å². The minimum atomic E-state index is 0.430. The topological polar surface area (TPSA) is 21.3 Å². The van der Waals surface area contributed by atoms with Crippen LogP contribution in [-0.2, 0) is 12.2 Å². The van der Waals surface area contributed by atoms with Crippen LogP contribution < -0.4 is 10.1 Å². The van der Waals surface area contributed by atoms with Crippen molar-refractivity contribution in [1.82, 2.24) is 5.32 Å². The van der Waals surface area contributed by atoms with Crippen molar-refractivity contribution in [2.24, 2.45) is 5.92 Å². The zero-order valence-corrected chi connectivity index (χ0v) is 13.9. The summed E-state index contributed by atoms with van der Waals surface area (Å²) in [4.78, 5) is 0. The second kappa shape index (κ2) is 5.66. The first-order valence-electron chi connectivity index (χ1n) is 7.00. The van der Waals surface area contributed by atoms with E-state index < -0.39 is 0 Å². The Kier molecular flexibility index (Phi) is 4.11. The molecule has 1 N–H and O–H groups in total. The standard InChI is InChI=1S/C15H20BrNOS/c1-3-17-14-9(2)7-19-8-11-13(14)12(16)6-10-4-5-18-15(10)11/h6,9,14,17H,3-5,7-8H2,1-2H3. The van der Waals surface area contributed by atoms with Gasteiger partial charge in [-0.1, -0.05) is 29.8 Å². The highest BCUT2D eigenvalue weighted by molar-refractivity contribution is 9.10. The molecule has 19 heavy (non-hydrogen) atoms. The minimum Gasteiger partial charge on any atom is -0.493 e. The fraction of sp³-hybridized carbons (Fsp3) is 0.600. The highest BCUT2D eigenvalue weighted by atomic mass is 79.9. The van der Waals surface area contributed by atoms with Crippen molar-refractivity contribution in [1.29, 1.82) is 0 Å². The fourth-order valence-corrected chi connectivity index (χ4v) is 5.05. The third-order valence-corrected chi connectivity index (χ3v) is 5.91. The van der Waals surface area contributed by atoms with Gasteiger partial charge in [-0.15, -0.1) is 0 Å². The molecule has 2 heterocycles. The Morgan fingerprint density at radius 1 is 1.53 bits per heavy atom. The van der Waals surface area contributed by atoms with Gasteiger partial charge in [0.2, 0.25) is 0 Å². The van der Waals surface area contributed by atoms with Crippen LogP contribution in [0.25, 0.3) is 0 Å². The zero-order chi connectivity index (χ0) is 13.4. The molecule has 104 valence electrons. The average molecular weight is 342 g/mol. The molecular formula is C15H20BrNOS. The number of ether oxygens (including phenoxy) is 1. The molecule has 0 aromatic heterocycles. The van der Waals surface area contributed by atoms with E-state index in [1.54, 1.807) is 0 Å². The Balaban J connectivity index is 2.14. The molecule has 1 aromatic rings. The lowest BCUT2D eigenvalue weighted by atomic mass is 9.90. The third-order valence-electron chi connectivity index (χ3n) is 4.00. The Labute approximate surface area is 127 Å². The first kappa shape index (κ1) is 13.8. The molecule has 4 heteroatoms. The van der Waals surface area contributed by atoms with Gasteiger partial charge in [0.05, 0.1) is 6.61 Å². The summed E-state index contributed by atoms with van der Waals surface area (Å²) in [6.45, 7) is 6.37. The molecule has 3 rings (SSSR count). The van der Waals surface area contributed by atoms with E-state index in [0.29, 0.717) is 12.0 Å². The van der Waals surface area contributed by atoms with Crippen molar-refractivity contribution >= 4 is 27.7 Å². The van der Waals surface area contributed by atoms with Crippen LogP contribution in [0.2, 0.25) is 0 Å². The van der Waals surface area contributed by atoms with Gasteiger partial charge in [-0.25, -0.2) is 0 Å². The summed E-state index contributed by atoms with van der Waals surface area (Å²) in [5.41, 5.74) is 4.22. The molecule has 1 aromatic carbocycles. The van der Waals surface area contributed by atoms with Gasteiger partial charge in [-0.3, -0.25) is 0 Å².